The number of aromatic nitrogens is 2. The van der Waals surface area contributed by atoms with Gasteiger partial charge in [0, 0.05) is 12.2 Å². The van der Waals surface area contributed by atoms with Crippen molar-refractivity contribution in [3.8, 4) is 0 Å². The van der Waals surface area contributed by atoms with Crippen LogP contribution >= 0.6 is 15.9 Å². The summed E-state index contributed by atoms with van der Waals surface area (Å²) in [6, 6.07) is 0.677. The molecule has 0 aliphatic carbocycles. The average Bonchev–Trinajstić information content (AvgIpc) is 2.58. The van der Waals surface area contributed by atoms with Crippen LogP contribution in [-0.4, -0.2) is 34.0 Å². The second kappa shape index (κ2) is 6.62. The fourth-order valence-corrected chi connectivity index (χ4v) is 2.85. The molecule has 1 aliphatic rings. The van der Waals surface area contributed by atoms with E-state index in [2.05, 4.69) is 44.6 Å². The van der Waals surface area contributed by atoms with Crippen LogP contribution in [0.4, 0.5) is 0 Å². The third-order valence-electron chi connectivity index (χ3n) is 3.78. The Morgan fingerprint density at radius 3 is 2.78 bits per heavy atom. The quantitative estimate of drug-likeness (QED) is 0.857. The molecule has 3 nitrogen and oxygen atoms in total. The SMILES string of the molecule is CC(C)N1CCC[C@@H](Cc2cnc(Br)cn2)CC1. The second-order valence-electron chi connectivity index (χ2n) is 5.46. The van der Waals surface area contributed by atoms with Gasteiger partial charge in [0.1, 0.15) is 4.60 Å². The Labute approximate surface area is 118 Å². The number of hydrogen-bond acceptors (Lipinski definition) is 3. The van der Waals surface area contributed by atoms with E-state index < -0.39 is 0 Å². The Hall–Kier alpha value is -0.480. The smallest absolute Gasteiger partial charge is 0.124 e. The number of rotatable bonds is 3. The maximum atomic E-state index is 4.43. The molecule has 2 heterocycles. The molecule has 0 bridgehead atoms. The molecule has 0 N–H and O–H groups in total. The number of likely N-dealkylation sites (tertiary alicyclic amines) is 1. The first-order valence-corrected chi connectivity index (χ1v) is 7.65. The highest BCUT2D eigenvalue weighted by Crippen LogP contribution is 2.22. The van der Waals surface area contributed by atoms with E-state index in [4.69, 9.17) is 0 Å². The molecule has 0 spiro atoms. The van der Waals surface area contributed by atoms with Gasteiger partial charge in [0.15, 0.2) is 0 Å². The molecule has 4 heteroatoms. The molecule has 1 fully saturated rings. The fraction of sp³-hybridized carbons (Fsp3) is 0.714. The zero-order valence-electron chi connectivity index (χ0n) is 11.3. The van der Waals surface area contributed by atoms with Gasteiger partial charge in [-0.15, -0.1) is 0 Å². The van der Waals surface area contributed by atoms with Crippen molar-refractivity contribution in [1.29, 1.82) is 0 Å². The van der Waals surface area contributed by atoms with Crippen LogP contribution in [0.3, 0.4) is 0 Å². The average molecular weight is 312 g/mol. The molecule has 18 heavy (non-hydrogen) atoms. The molecule has 0 amide bonds. The molecule has 100 valence electrons. The van der Waals surface area contributed by atoms with E-state index in [0.717, 1.165) is 22.6 Å². The summed E-state index contributed by atoms with van der Waals surface area (Å²) in [5, 5.41) is 0. The van der Waals surface area contributed by atoms with Crippen LogP contribution < -0.4 is 0 Å². The minimum Gasteiger partial charge on any atom is -0.301 e. The summed E-state index contributed by atoms with van der Waals surface area (Å²) in [5.41, 5.74) is 1.13. The maximum absolute atomic E-state index is 4.43. The Morgan fingerprint density at radius 1 is 1.28 bits per heavy atom. The first-order valence-electron chi connectivity index (χ1n) is 6.85. The molecule has 2 rings (SSSR count). The number of halogens is 1. The van der Waals surface area contributed by atoms with Gasteiger partial charge < -0.3 is 4.90 Å². The van der Waals surface area contributed by atoms with Crippen molar-refractivity contribution < 1.29 is 0 Å². The van der Waals surface area contributed by atoms with E-state index in [1.54, 1.807) is 6.20 Å². The largest absolute Gasteiger partial charge is 0.301 e. The van der Waals surface area contributed by atoms with Crippen molar-refractivity contribution >= 4 is 15.9 Å². The van der Waals surface area contributed by atoms with Crippen LogP contribution in [0.25, 0.3) is 0 Å². The normalized spacial score (nSPS) is 22.1. The third-order valence-corrected chi connectivity index (χ3v) is 4.19. The molecule has 1 saturated heterocycles. The van der Waals surface area contributed by atoms with E-state index in [9.17, 15) is 0 Å². The van der Waals surface area contributed by atoms with Gasteiger partial charge in [-0.1, -0.05) is 0 Å². The molecule has 1 aliphatic heterocycles. The zero-order valence-corrected chi connectivity index (χ0v) is 12.9. The lowest BCUT2D eigenvalue weighted by atomic mass is 9.95. The monoisotopic (exact) mass is 311 g/mol. The first-order chi connectivity index (χ1) is 8.65. The lowest BCUT2D eigenvalue weighted by molar-refractivity contribution is 0.228. The molecule has 0 saturated carbocycles. The predicted octanol–water partition coefficient (Wildman–Crippen LogP) is 3.29. The standard InChI is InChI=1S/C14H22BrN3/c1-11(2)18-6-3-4-12(5-7-18)8-13-9-17-14(15)10-16-13/h9-12H,3-8H2,1-2H3/t12-/m1/s1. The summed E-state index contributed by atoms with van der Waals surface area (Å²) in [7, 11) is 0. The number of hydrogen-bond donors (Lipinski definition) is 0. The Balaban J connectivity index is 1.88. The fourth-order valence-electron chi connectivity index (χ4n) is 2.65. The summed E-state index contributed by atoms with van der Waals surface area (Å²) in [6.07, 6.45) is 8.69. The lowest BCUT2D eigenvalue weighted by Gasteiger charge is -2.24. The minimum absolute atomic E-state index is 0.677. The van der Waals surface area contributed by atoms with Crippen molar-refractivity contribution in [1.82, 2.24) is 14.9 Å². The Bertz CT molecular complexity index is 364. The molecule has 0 aromatic carbocycles. The molecule has 1 aromatic rings. The van der Waals surface area contributed by atoms with Crippen LogP contribution in [0, 0.1) is 5.92 Å². The van der Waals surface area contributed by atoms with E-state index in [0.29, 0.717) is 6.04 Å². The summed E-state index contributed by atoms with van der Waals surface area (Å²) >= 11 is 3.33. The molecular formula is C14H22BrN3. The van der Waals surface area contributed by atoms with Gasteiger partial charge >= 0.3 is 0 Å². The zero-order chi connectivity index (χ0) is 13.0. The van der Waals surface area contributed by atoms with Crippen LogP contribution in [-0.2, 0) is 6.42 Å². The Kier molecular flexibility index (Phi) is 5.13. The summed E-state index contributed by atoms with van der Waals surface area (Å²) in [5.74, 6) is 0.768. The highest BCUT2D eigenvalue weighted by Gasteiger charge is 2.19. The molecule has 1 atom stereocenters. The van der Waals surface area contributed by atoms with Crippen molar-refractivity contribution in [2.45, 2.75) is 45.6 Å². The summed E-state index contributed by atoms with van der Waals surface area (Å²) in [6.45, 7) is 7.06. The van der Waals surface area contributed by atoms with Gasteiger partial charge in [-0.3, -0.25) is 4.98 Å². The summed E-state index contributed by atoms with van der Waals surface area (Å²) < 4.78 is 0.818. The van der Waals surface area contributed by atoms with Crippen LogP contribution in [0.2, 0.25) is 0 Å². The predicted molar refractivity (Wildman–Crippen MR) is 77.5 cm³/mol. The topological polar surface area (TPSA) is 29.0 Å². The van der Waals surface area contributed by atoms with Crippen molar-refractivity contribution in [3.63, 3.8) is 0 Å². The highest BCUT2D eigenvalue weighted by atomic mass is 79.9. The van der Waals surface area contributed by atoms with Crippen molar-refractivity contribution in [3.05, 3.63) is 22.7 Å². The van der Waals surface area contributed by atoms with E-state index >= 15 is 0 Å². The van der Waals surface area contributed by atoms with Gasteiger partial charge in [-0.25, -0.2) is 4.98 Å². The van der Waals surface area contributed by atoms with Gasteiger partial charge in [0.25, 0.3) is 0 Å². The minimum atomic E-state index is 0.677. The van der Waals surface area contributed by atoms with E-state index in [1.165, 1.54) is 32.4 Å². The van der Waals surface area contributed by atoms with Crippen LogP contribution in [0.15, 0.2) is 17.0 Å². The number of nitrogens with zero attached hydrogens (tertiary/aromatic N) is 3. The lowest BCUT2D eigenvalue weighted by Crippen LogP contribution is -2.31. The third kappa shape index (κ3) is 4.02. The first kappa shape index (κ1) is 13.9. The molecular weight excluding hydrogens is 290 g/mol. The van der Waals surface area contributed by atoms with Gasteiger partial charge in [0.2, 0.25) is 0 Å². The van der Waals surface area contributed by atoms with Gasteiger partial charge in [0.05, 0.1) is 11.9 Å². The molecule has 1 aromatic heterocycles. The summed E-state index contributed by atoms with van der Waals surface area (Å²) in [4.78, 5) is 11.3. The highest BCUT2D eigenvalue weighted by molar-refractivity contribution is 9.10. The Morgan fingerprint density at radius 2 is 2.11 bits per heavy atom. The molecule has 0 radical (unpaired) electrons. The second-order valence-corrected chi connectivity index (χ2v) is 6.27. The van der Waals surface area contributed by atoms with Crippen molar-refractivity contribution in [2.75, 3.05) is 13.1 Å². The van der Waals surface area contributed by atoms with Crippen LogP contribution in [0.5, 0.6) is 0 Å². The molecule has 0 unspecified atom stereocenters. The van der Waals surface area contributed by atoms with Crippen molar-refractivity contribution in [2.24, 2.45) is 5.92 Å². The van der Waals surface area contributed by atoms with Gasteiger partial charge in [-0.05, 0) is 74.5 Å². The van der Waals surface area contributed by atoms with Gasteiger partial charge in [-0.2, -0.15) is 0 Å². The maximum Gasteiger partial charge on any atom is 0.124 e. The van der Waals surface area contributed by atoms with Crippen LogP contribution in [0.1, 0.15) is 38.8 Å². The van der Waals surface area contributed by atoms with E-state index in [1.807, 2.05) is 6.20 Å². The van der Waals surface area contributed by atoms with E-state index in [-0.39, 0.29) is 0 Å².